The highest BCUT2D eigenvalue weighted by molar-refractivity contribution is 7.98. The fourth-order valence-corrected chi connectivity index (χ4v) is 1.22. The minimum Gasteiger partial charge on any atom is -0.453 e. The van der Waals surface area contributed by atoms with E-state index < -0.39 is 6.09 Å². The number of amides is 1. The number of carbonyl (C=O) groups excluding carboxylic acids is 1. The molecule has 0 aliphatic rings. The SMILES string of the molecule is CCc1nc(NC(=O)OC)nc(SC)n1. The fraction of sp³-hybridized carbons (Fsp3) is 0.500. The van der Waals surface area contributed by atoms with Crippen molar-refractivity contribution in [3.05, 3.63) is 5.82 Å². The zero-order valence-corrected chi connectivity index (χ0v) is 9.59. The van der Waals surface area contributed by atoms with Crippen molar-refractivity contribution >= 4 is 23.8 Å². The van der Waals surface area contributed by atoms with Gasteiger partial charge in [-0.2, -0.15) is 9.97 Å². The Morgan fingerprint density at radius 2 is 2.20 bits per heavy atom. The minimum absolute atomic E-state index is 0.220. The van der Waals surface area contributed by atoms with Crippen LogP contribution in [0.2, 0.25) is 0 Å². The molecule has 82 valence electrons. The molecule has 6 nitrogen and oxygen atoms in total. The molecule has 1 amide bonds. The van der Waals surface area contributed by atoms with Crippen molar-refractivity contribution in [2.24, 2.45) is 0 Å². The number of nitrogens with one attached hydrogen (secondary N) is 1. The van der Waals surface area contributed by atoms with E-state index in [1.54, 1.807) is 0 Å². The van der Waals surface area contributed by atoms with Crippen LogP contribution in [0.4, 0.5) is 10.7 Å². The van der Waals surface area contributed by atoms with E-state index in [1.807, 2.05) is 13.2 Å². The average Bonchev–Trinajstić information content (AvgIpc) is 2.28. The molecule has 0 saturated carbocycles. The van der Waals surface area contributed by atoms with Crippen molar-refractivity contribution in [1.82, 2.24) is 15.0 Å². The lowest BCUT2D eigenvalue weighted by Crippen LogP contribution is -2.15. The normalized spacial score (nSPS) is 9.80. The second-order valence-corrected chi connectivity index (χ2v) is 3.31. The number of hydrogen-bond acceptors (Lipinski definition) is 6. The molecule has 0 spiro atoms. The molecule has 1 aromatic heterocycles. The van der Waals surface area contributed by atoms with E-state index in [0.29, 0.717) is 17.4 Å². The van der Waals surface area contributed by atoms with Gasteiger partial charge in [-0.15, -0.1) is 0 Å². The first-order valence-electron chi connectivity index (χ1n) is 4.33. The lowest BCUT2D eigenvalue weighted by molar-refractivity contribution is 0.186. The van der Waals surface area contributed by atoms with Crippen LogP contribution in [-0.4, -0.2) is 34.4 Å². The molecule has 0 radical (unpaired) electrons. The van der Waals surface area contributed by atoms with Gasteiger partial charge in [-0.25, -0.2) is 9.78 Å². The Morgan fingerprint density at radius 3 is 2.73 bits per heavy atom. The Kier molecular flexibility index (Phi) is 4.29. The molecule has 1 heterocycles. The van der Waals surface area contributed by atoms with Gasteiger partial charge >= 0.3 is 6.09 Å². The molecule has 0 bridgehead atoms. The van der Waals surface area contributed by atoms with Gasteiger partial charge in [0, 0.05) is 6.42 Å². The molecule has 0 fully saturated rings. The van der Waals surface area contributed by atoms with Gasteiger partial charge in [-0.05, 0) is 6.26 Å². The van der Waals surface area contributed by atoms with Gasteiger partial charge in [0.05, 0.1) is 7.11 Å². The third-order valence-corrected chi connectivity index (χ3v) is 2.11. The standard InChI is InChI=1S/C8H12N4O2S/c1-4-5-9-6(12-8(13)14-2)11-7(10-5)15-3/h4H2,1-3H3,(H,9,10,11,12,13). The number of ether oxygens (including phenoxy) is 1. The summed E-state index contributed by atoms with van der Waals surface area (Å²) in [5.74, 6) is 0.860. The number of hydrogen-bond donors (Lipinski definition) is 1. The number of nitrogens with zero attached hydrogens (tertiary/aromatic N) is 3. The van der Waals surface area contributed by atoms with Crippen LogP contribution in [0.25, 0.3) is 0 Å². The third kappa shape index (κ3) is 3.35. The highest BCUT2D eigenvalue weighted by Gasteiger charge is 2.07. The summed E-state index contributed by atoms with van der Waals surface area (Å²) >= 11 is 1.39. The summed E-state index contributed by atoms with van der Waals surface area (Å²) in [7, 11) is 1.28. The molecular weight excluding hydrogens is 216 g/mol. The first-order valence-corrected chi connectivity index (χ1v) is 5.56. The predicted molar refractivity (Wildman–Crippen MR) is 57.0 cm³/mol. The molecule has 1 aromatic rings. The van der Waals surface area contributed by atoms with Crippen LogP contribution in [-0.2, 0) is 11.2 Å². The molecule has 0 aromatic carbocycles. The maximum Gasteiger partial charge on any atom is 0.413 e. The monoisotopic (exact) mass is 228 g/mol. The molecule has 1 rings (SSSR count). The van der Waals surface area contributed by atoms with Crippen molar-refractivity contribution in [3.63, 3.8) is 0 Å². The zero-order valence-electron chi connectivity index (χ0n) is 8.77. The van der Waals surface area contributed by atoms with Crippen LogP contribution in [0, 0.1) is 0 Å². The van der Waals surface area contributed by atoms with Crippen molar-refractivity contribution in [3.8, 4) is 0 Å². The zero-order chi connectivity index (χ0) is 11.3. The van der Waals surface area contributed by atoms with E-state index in [2.05, 4.69) is 25.0 Å². The molecule has 0 unspecified atom stereocenters. The summed E-state index contributed by atoms with van der Waals surface area (Å²) < 4.78 is 4.44. The van der Waals surface area contributed by atoms with E-state index in [0.717, 1.165) is 0 Å². The van der Waals surface area contributed by atoms with Gasteiger partial charge in [-0.3, -0.25) is 5.32 Å². The highest BCUT2D eigenvalue weighted by Crippen LogP contribution is 2.11. The Hall–Kier alpha value is -1.37. The van der Waals surface area contributed by atoms with Crippen LogP contribution in [0.1, 0.15) is 12.7 Å². The fourth-order valence-electron chi connectivity index (χ4n) is 0.846. The third-order valence-electron chi connectivity index (χ3n) is 1.56. The Bertz CT molecular complexity index is 336. The Morgan fingerprint density at radius 1 is 1.47 bits per heavy atom. The van der Waals surface area contributed by atoms with Gasteiger partial charge in [0.2, 0.25) is 5.95 Å². The summed E-state index contributed by atoms with van der Waals surface area (Å²) in [6.45, 7) is 1.93. The van der Waals surface area contributed by atoms with Gasteiger partial charge in [0.15, 0.2) is 5.16 Å². The van der Waals surface area contributed by atoms with Gasteiger partial charge in [0.25, 0.3) is 0 Å². The molecule has 0 aliphatic heterocycles. The summed E-state index contributed by atoms with van der Waals surface area (Å²) in [4.78, 5) is 23.1. The van der Waals surface area contributed by atoms with E-state index in [9.17, 15) is 4.79 Å². The van der Waals surface area contributed by atoms with Gasteiger partial charge < -0.3 is 4.74 Å². The van der Waals surface area contributed by atoms with Crippen molar-refractivity contribution < 1.29 is 9.53 Å². The van der Waals surface area contributed by atoms with Crippen molar-refractivity contribution in [2.45, 2.75) is 18.5 Å². The van der Waals surface area contributed by atoms with E-state index in [-0.39, 0.29) is 5.95 Å². The van der Waals surface area contributed by atoms with Gasteiger partial charge in [-0.1, -0.05) is 18.7 Å². The van der Waals surface area contributed by atoms with Crippen LogP contribution in [0.15, 0.2) is 5.16 Å². The molecule has 0 saturated heterocycles. The predicted octanol–water partition coefficient (Wildman–Crippen LogP) is 1.33. The maximum atomic E-state index is 10.9. The number of carbonyl (C=O) groups is 1. The Balaban J connectivity index is 2.91. The van der Waals surface area contributed by atoms with Crippen LogP contribution >= 0.6 is 11.8 Å². The number of rotatable bonds is 3. The first kappa shape index (κ1) is 11.7. The van der Waals surface area contributed by atoms with E-state index in [4.69, 9.17) is 0 Å². The minimum atomic E-state index is -0.588. The topological polar surface area (TPSA) is 77.0 Å². The molecular formula is C8H12N4O2S. The molecule has 1 N–H and O–H groups in total. The molecule has 0 atom stereocenters. The summed E-state index contributed by atoms with van der Waals surface area (Å²) in [6.07, 6.45) is 1.96. The summed E-state index contributed by atoms with van der Waals surface area (Å²) in [5, 5.41) is 2.98. The highest BCUT2D eigenvalue weighted by atomic mass is 32.2. The lowest BCUT2D eigenvalue weighted by atomic mass is 10.5. The smallest absolute Gasteiger partial charge is 0.413 e. The maximum absolute atomic E-state index is 10.9. The van der Waals surface area contributed by atoms with E-state index in [1.165, 1.54) is 18.9 Å². The summed E-state index contributed by atoms with van der Waals surface area (Å²) in [5.41, 5.74) is 0. The largest absolute Gasteiger partial charge is 0.453 e. The molecule has 7 heteroatoms. The second kappa shape index (κ2) is 5.50. The van der Waals surface area contributed by atoms with Gasteiger partial charge in [0.1, 0.15) is 5.82 Å². The van der Waals surface area contributed by atoms with Crippen LogP contribution < -0.4 is 5.32 Å². The molecule has 0 aliphatic carbocycles. The first-order chi connectivity index (χ1) is 7.19. The number of thioether (sulfide) groups is 1. The van der Waals surface area contributed by atoms with Crippen LogP contribution in [0.3, 0.4) is 0 Å². The second-order valence-electron chi connectivity index (χ2n) is 2.53. The Labute approximate surface area is 91.9 Å². The van der Waals surface area contributed by atoms with Crippen molar-refractivity contribution in [2.75, 3.05) is 18.7 Å². The number of aromatic nitrogens is 3. The van der Waals surface area contributed by atoms with Crippen LogP contribution in [0.5, 0.6) is 0 Å². The van der Waals surface area contributed by atoms with E-state index >= 15 is 0 Å². The average molecular weight is 228 g/mol. The molecule has 15 heavy (non-hydrogen) atoms. The lowest BCUT2D eigenvalue weighted by Gasteiger charge is -2.04. The number of methoxy groups -OCH3 is 1. The number of aryl methyl sites for hydroxylation is 1. The number of anilines is 1. The summed E-state index contributed by atoms with van der Waals surface area (Å²) in [6, 6.07) is 0. The van der Waals surface area contributed by atoms with Crippen molar-refractivity contribution in [1.29, 1.82) is 0 Å². The quantitative estimate of drug-likeness (QED) is 0.786.